The fraction of sp³-hybridized carbons (Fsp3) is 0.400. The fourth-order valence-electron chi connectivity index (χ4n) is 2.88. The average Bonchev–Trinajstić information content (AvgIpc) is 2.86. The second-order valence-corrected chi connectivity index (χ2v) is 6.57. The predicted molar refractivity (Wildman–Crippen MR) is 84.0 cm³/mol. The minimum Gasteiger partial charge on any atom is -0.367 e. The van der Waals surface area contributed by atoms with Gasteiger partial charge in [-0.15, -0.1) is 11.3 Å². The zero-order valence-corrected chi connectivity index (χ0v) is 12.9. The Kier molecular flexibility index (Phi) is 3.63. The van der Waals surface area contributed by atoms with Crippen LogP contribution >= 0.6 is 11.3 Å². The minimum atomic E-state index is -0.366. The summed E-state index contributed by atoms with van der Waals surface area (Å²) in [6.45, 7) is 2.05. The van der Waals surface area contributed by atoms with Crippen molar-refractivity contribution in [1.82, 2.24) is 4.98 Å². The van der Waals surface area contributed by atoms with Gasteiger partial charge in [-0.2, -0.15) is 0 Å². The number of thiazole rings is 1. The van der Waals surface area contributed by atoms with Crippen molar-refractivity contribution >= 4 is 22.7 Å². The number of nitrogens with zero attached hydrogens (tertiary/aromatic N) is 3. The van der Waals surface area contributed by atoms with Crippen molar-refractivity contribution < 1.29 is 4.92 Å². The first-order chi connectivity index (χ1) is 10.1. The molecular weight excluding hydrogens is 286 g/mol. The van der Waals surface area contributed by atoms with E-state index in [1.165, 1.54) is 10.6 Å². The van der Waals surface area contributed by atoms with E-state index < -0.39 is 0 Å². The summed E-state index contributed by atoms with van der Waals surface area (Å²) in [7, 11) is 2.05. The molecule has 0 saturated heterocycles. The van der Waals surface area contributed by atoms with Gasteiger partial charge >= 0.3 is 0 Å². The van der Waals surface area contributed by atoms with E-state index in [-0.39, 0.29) is 10.6 Å². The third kappa shape index (κ3) is 2.63. The molecule has 0 fully saturated rings. The number of benzene rings is 1. The maximum absolute atomic E-state index is 10.7. The highest BCUT2D eigenvalue weighted by atomic mass is 32.1. The van der Waals surface area contributed by atoms with Crippen LogP contribution in [-0.4, -0.2) is 17.0 Å². The summed E-state index contributed by atoms with van der Waals surface area (Å²) in [6, 6.07) is 7.09. The molecule has 2 aromatic rings. The van der Waals surface area contributed by atoms with E-state index in [4.69, 9.17) is 0 Å². The number of aromatic nitrogens is 1. The minimum absolute atomic E-state index is 0.130. The van der Waals surface area contributed by atoms with Gasteiger partial charge in [-0.25, -0.2) is 4.98 Å². The van der Waals surface area contributed by atoms with Crippen molar-refractivity contribution in [3.8, 4) is 0 Å². The first-order valence-electron chi connectivity index (χ1n) is 7.00. The lowest BCUT2D eigenvalue weighted by atomic mass is 9.96. The largest absolute Gasteiger partial charge is 0.367 e. The van der Waals surface area contributed by atoms with Gasteiger partial charge in [0, 0.05) is 24.9 Å². The van der Waals surface area contributed by atoms with E-state index >= 15 is 0 Å². The summed E-state index contributed by atoms with van der Waals surface area (Å²) in [5, 5.41) is 11.9. The molecule has 3 rings (SSSR count). The lowest BCUT2D eigenvalue weighted by molar-refractivity contribution is -0.384. The van der Waals surface area contributed by atoms with Crippen LogP contribution in [0.3, 0.4) is 0 Å². The number of hydrogen-bond acceptors (Lipinski definition) is 5. The highest BCUT2D eigenvalue weighted by Gasteiger charge is 2.27. The number of hydrogen-bond donors (Lipinski definition) is 0. The number of rotatable bonds is 3. The summed E-state index contributed by atoms with van der Waals surface area (Å²) >= 11 is 1.77. The molecule has 0 aliphatic heterocycles. The van der Waals surface area contributed by atoms with E-state index in [2.05, 4.69) is 16.9 Å². The van der Waals surface area contributed by atoms with Crippen molar-refractivity contribution in [3.05, 3.63) is 50.0 Å². The second kappa shape index (κ2) is 5.44. The molecule has 0 bridgehead atoms. The van der Waals surface area contributed by atoms with E-state index in [1.54, 1.807) is 23.5 Å². The Morgan fingerprint density at radius 3 is 2.76 bits per heavy atom. The maximum Gasteiger partial charge on any atom is 0.269 e. The number of nitro groups is 1. The van der Waals surface area contributed by atoms with Crippen molar-refractivity contribution in [2.24, 2.45) is 0 Å². The van der Waals surface area contributed by atoms with Gasteiger partial charge in [-0.1, -0.05) is 0 Å². The zero-order valence-electron chi connectivity index (χ0n) is 12.1. The Bertz CT molecular complexity index is 666. The Morgan fingerprint density at radius 1 is 1.38 bits per heavy atom. The fourth-order valence-corrected chi connectivity index (χ4v) is 4.03. The van der Waals surface area contributed by atoms with E-state index in [0.29, 0.717) is 6.04 Å². The van der Waals surface area contributed by atoms with Gasteiger partial charge in [0.2, 0.25) is 0 Å². The summed E-state index contributed by atoms with van der Waals surface area (Å²) in [5.41, 5.74) is 2.36. The molecule has 5 nitrogen and oxygen atoms in total. The topological polar surface area (TPSA) is 59.3 Å². The molecule has 6 heteroatoms. The van der Waals surface area contributed by atoms with Gasteiger partial charge in [-0.3, -0.25) is 10.1 Å². The molecule has 1 aliphatic carbocycles. The highest BCUT2D eigenvalue weighted by Crippen LogP contribution is 2.39. The Balaban J connectivity index is 1.88. The van der Waals surface area contributed by atoms with Crippen molar-refractivity contribution in [3.63, 3.8) is 0 Å². The van der Waals surface area contributed by atoms with Crippen LogP contribution in [0.15, 0.2) is 24.3 Å². The highest BCUT2D eigenvalue weighted by molar-refractivity contribution is 7.11. The van der Waals surface area contributed by atoms with Crippen LogP contribution in [0.25, 0.3) is 0 Å². The van der Waals surface area contributed by atoms with Crippen LogP contribution in [0.2, 0.25) is 0 Å². The normalized spacial score (nSPS) is 17.3. The van der Waals surface area contributed by atoms with Crippen LogP contribution in [-0.2, 0) is 6.42 Å². The van der Waals surface area contributed by atoms with Gasteiger partial charge in [-0.05, 0) is 38.3 Å². The average molecular weight is 303 g/mol. The molecular formula is C15H17N3O2S. The number of fused-ring (bicyclic) bond motifs is 1. The number of non-ortho nitro benzene ring substituents is 1. The smallest absolute Gasteiger partial charge is 0.269 e. The summed E-state index contributed by atoms with van der Waals surface area (Å²) in [5.74, 6) is 0. The summed E-state index contributed by atoms with van der Waals surface area (Å²) in [6.07, 6.45) is 3.30. The molecule has 21 heavy (non-hydrogen) atoms. The van der Waals surface area contributed by atoms with Crippen molar-refractivity contribution in [1.29, 1.82) is 0 Å². The SMILES string of the molecule is Cc1nc2c(s1)C(N(C)c1ccc([N+](=O)[O-])cc1)CCC2. The standard InChI is InChI=1S/C15H17N3O2S/c1-10-16-13-4-3-5-14(15(13)21-10)17(2)11-6-8-12(9-7-11)18(19)20/h6-9,14H,3-5H2,1-2H3. The molecule has 1 aliphatic rings. The van der Waals surface area contributed by atoms with Crippen LogP contribution in [0.1, 0.15) is 34.5 Å². The molecule has 1 atom stereocenters. The predicted octanol–water partition coefficient (Wildman–Crippen LogP) is 3.87. The molecule has 110 valence electrons. The molecule has 0 N–H and O–H groups in total. The van der Waals surface area contributed by atoms with Crippen molar-refractivity contribution in [2.45, 2.75) is 32.2 Å². The molecule has 0 saturated carbocycles. The molecule has 1 aromatic heterocycles. The number of nitro benzene ring substituents is 1. The summed E-state index contributed by atoms with van der Waals surface area (Å²) in [4.78, 5) is 18.5. The van der Waals surface area contributed by atoms with Gasteiger partial charge in [0.25, 0.3) is 5.69 Å². The molecule has 1 aromatic carbocycles. The molecule has 1 heterocycles. The molecule has 1 unspecified atom stereocenters. The van der Waals surface area contributed by atoms with Crippen LogP contribution in [0.4, 0.5) is 11.4 Å². The maximum atomic E-state index is 10.7. The third-order valence-electron chi connectivity index (χ3n) is 3.96. The zero-order chi connectivity index (χ0) is 15.0. The van der Waals surface area contributed by atoms with Gasteiger partial charge in [0.1, 0.15) is 0 Å². The van der Waals surface area contributed by atoms with E-state index in [1.807, 2.05) is 19.1 Å². The second-order valence-electron chi connectivity index (χ2n) is 5.34. The Labute approximate surface area is 127 Å². The van der Waals surface area contributed by atoms with E-state index in [0.717, 1.165) is 30.0 Å². The number of aryl methyl sites for hydroxylation is 2. The molecule has 0 amide bonds. The first kappa shape index (κ1) is 14.0. The number of anilines is 1. The van der Waals surface area contributed by atoms with Gasteiger partial charge < -0.3 is 4.90 Å². The van der Waals surface area contributed by atoms with E-state index in [9.17, 15) is 10.1 Å². The third-order valence-corrected chi connectivity index (χ3v) is 5.08. The summed E-state index contributed by atoms with van der Waals surface area (Å²) < 4.78 is 0. The Morgan fingerprint density at radius 2 is 2.10 bits per heavy atom. The van der Waals surface area contributed by atoms with Crippen LogP contribution in [0, 0.1) is 17.0 Å². The Hall–Kier alpha value is -1.95. The molecule has 0 radical (unpaired) electrons. The van der Waals surface area contributed by atoms with Crippen molar-refractivity contribution in [2.75, 3.05) is 11.9 Å². The quantitative estimate of drug-likeness (QED) is 0.638. The van der Waals surface area contributed by atoms with Crippen LogP contribution < -0.4 is 4.90 Å². The monoisotopic (exact) mass is 303 g/mol. The van der Waals surface area contributed by atoms with Gasteiger partial charge in [0.05, 0.1) is 26.5 Å². The lowest BCUT2D eigenvalue weighted by Crippen LogP contribution is -2.26. The van der Waals surface area contributed by atoms with Crippen LogP contribution in [0.5, 0.6) is 0 Å². The lowest BCUT2D eigenvalue weighted by Gasteiger charge is -2.32. The molecule has 0 spiro atoms. The van der Waals surface area contributed by atoms with Gasteiger partial charge in [0.15, 0.2) is 0 Å². The first-order valence-corrected chi connectivity index (χ1v) is 7.81.